The minimum atomic E-state index is -5.15. The van der Waals surface area contributed by atoms with Gasteiger partial charge in [-0.3, -0.25) is 9.59 Å². The van der Waals surface area contributed by atoms with Crippen molar-refractivity contribution in [2.24, 2.45) is 0 Å². The van der Waals surface area contributed by atoms with Crippen LogP contribution < -0.4 is 5.32 Å². The Hall–Kier alpha value is -3.14. The molecule has 1 aliphatic carbocycles. The van der Waals surface area contributed by atoms with Gasteiger partial charge in [0.25, 0.3) is 10.0 Å². The van der Waals surface area contributed by atoms with Crippen LogP contribution in [0.2, 0.25) is 0 Å². The lowest BCUT2D eigenvalue weighted by molar-refractivity contribution is -0.174. The maximum atomic E-state index is 14.4. The number of hydrogen-bond donors (Lipinski definition) is 1. The Labute approximate surface area is 220 Å². The lowest BCUT2D eigenvalue weighted by atomic mass is 9.88. The minimum Gasteiger partial charge on any atom is -0.338 e. The van der Waals surface area contributed by atoms with E-state index in [9.17, 15) is 31.2 Å². The molecule has 10 heteroatoms. The molecule has 0 radical (unpaired) electrons. The van der Waals surface area contributed by atoms with Crippen molar-refractivity contribution in [2.45, 2.75) is 82.8 Å². The quantitative estimate of drug-likeness (QED) is 0.407. The van der Waals surface area contributed by atoms with Crippen molar-refractivity contribution in [3.63, 3.8) is 0 Å². The Kier molecular flexibility index (Phi) is 7.01. The Morgan fingerprint density at radius 1 is 1.00 bits per heavy atom. The van der Waals surface area contributed by atoms with Crippen LogP contribution in [0.4, 0.5) is 13.2 Å². The van der Waals surface area contributed by atoms with Crippen molar-refractivity contribution < 1.29 is 31.2 Å². The summed E-state index contributed by atoms with van der Waals surface area (Å²) in [5.74, 6) is -2.93. The first-order valence-corrected chi connectivity index (χ1v) is 14.0. The van der Waals surface area contributed by atoms with Gasteiger partial charge in [-0.15, -0.1) is 0 Å². The molecule has 3 aromatic rings. The molecule has 1 N–H and O–H groups in total. The SMILES string of the molecule is CC(C)c1cc(C(C)C)c(S(=O)(=O)n2cc3c4c(cccc42)C(=O)C(NC(=O)C(F)(F)F)C3)c(C(C)C)c1. The number of benzene rings is 2. The minimum absolute atomic E-state index is 0.0773. The van der Waals surface area contributed by atoms with Gasteiger partial charge >= 0.3 is 12.1 Å². The Balaban J connectivity index is 1.94. The summed E-state index contributed by atoms with van der Waals surface area (Å²) in [5, 5.41) is 2.13. The van der Waals surface area contributed by atoms with E-state index in [0.717, 1.165) is 9.54 Å². The van der Waals surface area contributed by atoms with E-state index in [-0.39, 0.29) is 40.2 Å². The zero-order valence-corrected chi connectivity index (χ0v) is 22.9. The molecule has 38 heavy (non-hydrogen) atoms. The molecular formula is C28H31F3N2O4S. The summed E-state index contributed by atoms with van der Waals surface area (Å²) >= 11 is 0. The Morgan fingerprint density at radius 3 is 2.08 bits per heavy atom. The van der Waals surface area contributed by atoms with Crippen LogP contribution in [-0.2, 0) is 21.2 Å². The lowest BCUT2D eigenvalue weighted by Gasteiger charge is -2.23. The van der Waals surface area contributed by atoms with Crippen LogP contribution in [0.15, 0.2) is 41.4 Å². The van der Waals surface area contributed by atoms with Crippen LogP contribution in [0, 0.1) is 0 Å². The highest BCUT2D eigenvalue weighted by molar-refractivity contribution is 7.90. The van der Waals surface area contributed by atoms with Gasteiger partial charge < -0.3 is 5.32 Å². The molecule has 0 bridgehead atoms. The molecular weight excluding hydrogens is 517 g/mol. The third kappa shape index (κ3) is 4.63. The number of halogens is 3. The van der Waals surface area contributed by atoms with Gasteiger partial charge in [-0.2, -0.15) is 13.2 Å². The lowest BCUT2D eigenvalue weighted by Crippen LogP contribution is -2.48. The maximum absolute atomic E-state index is 14.4. The average Bonchev–Trinajstić information content (AvgIpc) is 3.20. The average molecular weight is 549 g/mol. The number of carbonyl (C=O) groups excluding carboxylic acids is 2. The second-order valence-electron chi connectivity index (χ2n) is 10.7. The number of carbonyl (C=O) groups is 2. The third-order valence-electron chi connectivity index (χ3n) is 7.04. The highest BCUT2D eigenvalue weighted by Crippen LogP contribution is 2.39. The highest BCUT2D eigenvalue weighted by atomic mass is 32.2. The number of aromatic nitrogens is 1. The van der Waals surface area contributed by atoms with Crippen LogP contribution in [0.1, 0.15) is 91.9 Å². The van der Waals surface area contributed by atoms with Crippen molar-refractivity contribution >= 4 is 32.6 Å². The summed E-state index contributed by atoms with van der Waals surface area (Å²) in [4.78, 5) is 24.8. The normalized spacial score (nSPS) is 16.2. The summed E-state index contributed by atoms with van der Waals surface area (Å²) in [6.45, 7) is 11.8. The summed E-state index contributed by atoms with van der Waals surface area (Å²) in [5.41, 5.74) is 3.12. The van der Waals surface area contributed by atoms with E-state index in [0.29, 0.717) is 22.1 Å². The molecule has 0 fully saturated rings. The molecule has 1 atom stereocenters. The molecule has 204 valence electrons. The summed E-state index contributed by atoms with van der Waals surface area (Å²) in [7, 11) is -4.18. The van der Waals surface area contributed by atoms with Gasteiger partial charge in [-0.25, -0.2) is 12.4 Å². The van der Waals surface area contributed by atoms with Crippen molar-refractivity contribution in [2.75, 3.05) is 0 Å². The van der Waals surface area contributed by atoms with E-state index in [4.69, 9.17) is 0 Å². The number of amides is 1. The molecule has 1 aliphatic rings. The van der Waals surface area contributed by atoms with Gasteiger partial charge in [0.05, 0.1) is 16.5 Å². The maximum Gasteiger partial charge on any atom is 0.471 e. The summed E-state index contributed by atoms with van der Waals surface area (Å²) < 4.78 is 68.5. The van der Waals surface area contributed by atoms with Gasteiger partial charge in [-0.05, 0) is 46.1 Å². The van der Waals surface area contributed by atoms with Crippen molar-refractivity contribution in [1.29, 1.82) is 0 Å². The molecule has 1 unspecified atom stereocenters. The number of Topliss-reactive ketones (excluding diaryl/α,β-unsaturated/α-hetero) is 1. The van der Waals surface area contributed by atoms with Crippen LogP contribution in [0.5, 0.6) is 0 Å². The number of nitrogens with one attached hydrogen (secondary N) is 1. The van der Waals surface area contributed by atoms with E-state index in [1.165, 1.54) is 18.3 Å². The largest absolute Gasteiger partial charge is 0.471 e. The van der Waals surface area contributed by atoms with Crippen LogP contribution in [0.25, 0.3) is 10.9 Å². The molecule has 0 saturated heterocycles. The highest BCUT2D eigenvalue weighted by Gasteiger charge is 2.42. The molecule has 0 saturated carbocycles. The van der Waals surface area contributed by atoms with Crippen LogP contribution in [-0.4, -0.2) is 36.3 Å². The zero-order valence-electron chi connectivity index (χ0n) is 22.1. The monoisotopic (exact) mass is 548 g/mol. The van der Waals surface area contributed by atoms with E-state index in [2.05, 4.69) is 0 Å². The number of hydrogen-bond acceptors (Lipinski definition) is 4. The first-order chi connectivity index (χ1) is 17.6. The summed E-state index contributed by atoms with van der Waals surface area (Å²) in [6.07, 6.45) is -4.03. The van der Waals surface area contributed by atoms with Gasteiger partial charge in [0.15, 0.2) is 5.78 Å². The second kappa shape index (κ2) is 9.55. The summed E-state index contributed by atoms with van der Waals surface area (Å²) in [6, 6.07) is 6.91. The van der Waals surface area contributed by atoms with Crippen LogP contribution >= 0.6 is 0 Å². The van der Waals surface area contributed by atoms with E-state index in [1.807, 2.05) is 53.7 Å². The van der Waals surface area contributed by atoms with E-state index < -0.39 is 33.9 Å². The first kappa shape index (κ1) is 27.9. The molecule has 1 amide bonds. The number of ketones is 1. The fourth-order valence-corrected chi connectivity index (χ4v) is 7.10. The van der Waals surface area contributed by atoms with E-state index in [1.54, 1.807) is 11.4 Å². The standard InChI is InChI=1S/C28H31F3N2O4S/c1-14(2)17-10-20(15(3)4)26(21(11-17)16(5)6)38(36,37)33-13-18-12-22(32-27(35)28(29,30)31)25(34)19-8-7-9-23(33)24(18)19/h7-11,13-16,22H,12H2,1-6H3,(H,32,35). The smallest absolute Gasteiger partial charge is 0.338 e. The molecule has 1 aromatic heterocycles. The van der Waals surface area contributed by atoms with Gasteiger partial charge in [0, 0.05) is 23.6 Å². The zero-order chi connectivity index (χ0) is 28.3. The number of rotatable bonds is 6. The molecule has 2 aromatic carbocycles. The first-order valence-electron chi connectivity index (χ1n) is 12.5. The Morgan fingerprint density at radius 2 is 1.58 bits per heavy atom. The molecule has 1 heterocycles. The van der Waals surface area contributed by atoms with Gasteiger partial charge in [0.1, 0.15) is 0 Å². The molecule has 6 nitrogen and oxygen atoms in total. The Bertz CT molecular complexity index is 1520. The van der Waals surface area contributed by atoms with Crippen molar-refractivity contribution in [1.82, 2.24) is 9.29 Å². The second-order valence-corrected chi connectivity index (χ2v) is 12.5. The van der Waals surface area contributed by atoms with Gasteiger partial charge in [0.2, 0.25) is 0 Å². The third-order valence-corrected chi connectivity index (χ3v) is 8.85. The van der Waals surface area contributed by atoms with E-state index >= 15 is 0 Å². The van der Waals surface area contributed by atoms with Crippen molar-refractivity contribution in [3.05, 3.63) is 64.3 Å². The fourth-order valence-electron chi connectivity index (χ4n) is 5.04. The predicted octanol–water partition coefficient (Wildman–Crippen LogP) is 6.03. The molecule has 0 spiro atoms. The molecule has 0 aliphatic heterocycles. The van der Waals surface area contributed by atoms with Crippen molar-refractivity contribution in [3.8, 4) is 0 Å². The topological polar surface area (TPSA) is 85.2 Å². The fraction of sp³-hybridized carbons (Fsp3) is 0.429. The number of nitrogens with zero attached hydrogens (tertiary/aromatic N) is 1. The van der Waals surface area contributed by atoms with Crippen LogP contribution in [0.3, 0.4) is 0 Å². The molecule has 4 rings (SSSR count). The van der Waals surface area contributed by atoms with Gasteiger partial charge in [-0.1, -0.05) is 65.8 Å². The number of alkyl halides is 3. The predicted molar refractivity (Wildman–Crippen MR) is 139 cm³/mol.